The number of hydrogen-bond acceptors (Lipinski definition) is 5. The maximum Gasteiger partial charge on any atom is 0.209 e. The normalized spacial score (nSPS) is 11.7. The lowest BCUT2D eigenvalue weighted by atomic mass is 9.92. The summed E-state index contributed by atoms with van der Waals surface area (Å²) < 4.78 is 1.26. The molecule has 1 rings (SSSR count). The molecule has 0 aliphatic carbocycles. The van der Waals surface area contributed by atoms with Gasteiger partial charge in [-0.3, -0.25) is 5.41 Å². The zero-order valence-corrected chi connectivity index (χ0v) is 9.64. The van der Waals surface area contributed by atoms with Crippen molar-refractivity contribution in [3.8, 4) is 0 Å². The smallest absolute Gasteiger partial charge is 0.209 e. The van der Waals surface area contributed by atoms with Crippen molar-refractivity contribution in [3.63, 3.8) is 0 Å². The van der Waals surface area contributed by atoms with E-state index in [1.807, 2.05) is 27.0 Å². The number of hydrogen-bond donors (Lipinski definition) is 2. The Hall–Kier alpha value is -1.04. The van der Waals surface area contributed by atoms with Crippen LogP contribution in [0.2, 0.25) is 0 Å². The van der Waals surface area contributed by atoms with Gasteiger partial charge in [-0.15, -0.1) is 10.2 Å². The monoisotopic (exact) mass is 213 g/mol. The molecule has 5 nitrogen and oxygen atoms in total. The minimum absolute atomic E-state index is 0.206. The maximum atomic E-state index is 7.82. The predicted molar refractivity (Wildman–Crippen MR) is 56.5 cm³/mol. The van der Waals surface area contributed by atoms with Gasteiger partial charge in [-0.25, -0.2) is 4.68 Å². The van der Waals surface area contributed by atoms with Crippen LogP contribution in [0.5, 0.6) is 0 Å². The van der Waals surface area contributed by atoms with Crippen LogP contribution in [0.15, 0.2) is 5.16 Å². The van der Waals surface area contributed by atoms with Crippen molar-refractivity contribution < 1.29 is 0 Å². The Morgan fingerprint density at radius 1 is 1.36 bits per heavy atom. The van der Waals surface area contributed by atoms with Gasteiger partial charge in [-0.2, -0.15) is 0 Å². The molecule has 0 aliphatic rings. The van der Waals surface area contributed by atoms with Crippen molar-refractivity contribution in [1.29, 1.82) is 5.41 Å². The molecule has 1 heterocycles. The van der Waals surface area contributed by atoms with E-state index in [-0.39, 0.29) is 10.9 Å². The number of rotatable bonds is 1. The van der Waals surface area contributed by atoms with Crippen molar-refractivity contribution in [2.24, 2.45) is 0 Å². The lowest BCUT2D eigenvalue weighted by Gasteiger charge is -2.18. The Morgan fingerprint density at radius 3 is 2.36 bits per heavy atom. The lowest BCUT2D eigenvalue weighted by Crippen LogP contribution is -2.38. The molecule has 6 heteroatoms. The zero-order chi connectivity index (χ0) is 10.9. The molecule has 0 fully saturated rings. The number of aromatic nitrogens is 3. The Morgan fingerprint density at radius 2 is 1.93 bits per heavy atom. The van der Waals surface area contributed by atoms with E-state index in [1.165, 1.54) is 16.4 Å². The van der Waals surface area contributed by atoms with Crippen molar-refractivity contribution in [2.45, 2.75) is 31.3 Å². The number of thioether (sulfide) groups is 1. The van der Waals surface area contributed by atoms with Crippen LogP contribution in [0.1, 0.15) is 26.5 Å². The second kappa shape index (κ2) is 3.61. The van der Waals surface area contributed by atoms with Crippen LogP contribution >= 0.6 is 11.8 Å². The quantitative estimate of drug-likeness (QED) is 0.525. The van der Waals surface area contributed by atoms with Gasteiger partial charge in [0.05, 0.1) is 0 Å². The van der Waals surface area contributed by atoms with Crippen molar-refractivity contribution in [1.82, 2.24) is 14.9 Å². The third-order valence-electron chi connectivity index (χ3n) is 1.80. The van der Waals surface area contributed by atoms with E-state index in [4.69, 9.17) is 11.3 Å². The molecule has 0 unspecified atom stereocenters. The van der Waals surface area contributed by atoms with E-state index < -0.39 is 0 Å². The van der Waals surface area contributed by atoms with Crippen molar-refractivity contribution in [2.75, 3.05) is 12.1 Å². The van der Waals surface area contributed by atoms with E-state index in [1.54, 1.807) is 0 Å². The summed E-state index contributed by atoms with van der Waals surface area (Å²) in [5.74, 6) is 5.70. The second-order valence-corrected chi connectivity index (χ2v) is 4.78. The highest BCUT2D eigenvalue weighted by Gasteiger charge is 2.20. The van der Waals surface area contributed by atoms with Crippen LogP contribution in [0.4, 0.5) is 0 Å². The van der Waals surface area contributed by atoms with Gasteiger partial charge in [0.25, 0.3) is 0 Å². The van der Waals surface area contributed by atoms with Crippen LogP contribution in [-0.2, 0) is 5.41 Å². The van der Waals surface area contributed by atoms with E-state index >= 15 is 0 Å². The molecule has 1 aromatic rings. The molecule has 0 aromatic carbocycles. The fraction of sp³-hybridized carbons (Fsp3) is 0.625. The van der Waals surface area contributed by atoms with Gasteiger partial charge in [0.1, 0.15) is 5.69 Å². The molecule has 0 atom stereocenters. The highest BCUT2D eigenvalue weighted by Crippen LogP contribution is 2.16. The molecule has 0 saturated heterocycles. The first-order valence-electron chi connectivity index (χ1n) is 4.21. The van der Waals surface area contributed by atoms with Gasteiger partial charge in [-0.1, -0.05) is 32.5 Å². The maximum absolute atomic E-state index is 7.82. The van der Waals surface area contributed by atoms with Crippen LogP contribution in [0, 0.1) is 5.41 Å². The van der Waals surface area contributed by atoms with E-state index in [9.17, 15) is 0 Å². The molecule has 0 saturated carbocycles. The molecule has 0 amide bonds. The summed E-state index contributed by atoms with van der Waals surface area (Å²) in [6, 6.07) is 0. The van der Waals surface area contributed by atoms with Gasteiger partial charge in [0.15, 0.2) is 5.49 Å². The summed E-state index contributed by atoms with van der Waals surface area (Å²) in [4.78, 5) is 0. The van der Waals surface area contributed by atoms with Gasteiger partial charge in [0.2, 0.25) is 5.16 Å². The van der Waals surface area contributed by atoms with E-state index in [2.05, 4.69) is 10.2 Å². The SMILES string of the molecule is CSc1nnc(C(C)(C)C)c(=N)n1N. The third-order valence-corrected chi connectivity index (χ3v) is 2.44. The molecule has 0 radical (unpaired) electrons. The average Bonchev–Trinajstić information content (AvgIpc) is 2.07. The molecule has 0 bridgehead atoms. The molecule has 3 N–H and O–H groups in total. The highest BCUT2D eigenvalue weighted by molar-refractivity contribution is 7.98. The standard InChI is InChI=1S/C8H15N5S/c1-8(2,3)5-6(9)13(10)7(14-4)12-11-5/h9H,10H2,1-4H3. The zero-order valence-electron chi connectivity index (χ0n) is 8.83. The highest BCUT2D eigenvalue weighted by atomic mass is 32.2. The lowest BCUT2D eigenvalue weighted by molar-refractivity contribution is 0.511. The minimum Gasteiger partial charge on any atom is -0.335 e. The molecular weight excluding hydrogens is 198 g/mol. The van der Waals surface area contributed by atoms with Crippen molar-refractivity contribution in [3.05, 3.63) is 11.2 Å². The second-order valence-electron chi connectivity index (χ2n) is 4.00. The molecule has 1 aromatic heterocycles. The summed E-state index contributed by atoms with van der Waals surface area (Å²) in [6.07, 6.45) is 1.85. The van der Waals surface area contributed by atoms with Crippen LogP contribution < -0.4 is 11.3 Å². The number of nitrogen functional groups attached to an aromatic ring is 1. The largest absolute Gasteiger partial charge is 0.335 e. The number of nitrogens with one attached hydrogen (secondary N) is 1. The summed E-state index contributed by atoms with van der Waals surface area (Å²) in [5.41, 5.74) is 0.622. The van der Waals surface area contributed by atoms with Gasteiger partial charge in [-0.05, 0) is 6.26 Å². The molecule has 14 heavy (non-hydrogen) atoms. The number of nitrogens with two attached hydrogens (primary N) is 1. The minimum atomic E-state index is -0.206. The third kappa shape index (κ3) is 1.89. The molecule has 78 valence electrons. The Bertz CT molecular complexity index is 390. The predicted octanol–water partition coefficient (Wildman–Crippen LogP) is 0.491. The summed E-state index contributed by atoms with van der Waals surface area (Å²) >= 11 is 1.37. The molecular formula is C8H15N5S. The first-order valence-corrected chi connectivity index (χ1v) is 5.44. The van der Waals surface area contributed by atoms with Crippen LogP contribution in [0.25, 0.3) is 0 Å². The van der Waals surface area contributed by atoms with Gasteiger partial charge >= 0.3 is 0 Å². The fourth-order valence-electron chi connectivity index (χ4n) is 1.04. The van der Waals surface area contributed by atoms with Crippen molar-refractivity contribution >= 4 is 11.8 Å². The Kier molecular flexibility index (Phi) is 2.84. The average molecular weight is 213 g/mol. The Balaban J connectivity index is 3.40. The van der Waals surface area contributed by atoms with Gasteiger partial charge in [0, 0.05) is 5.41 Å². The number of nitrogens with zero attached hydrogens (tertiary/aromatic N) is 3. The summed E-state index contributed by atoms with van der Waals surface area (Å²) in [7, 11) is 0. The van der Waals surface area contributed by atoms with Crippen LogP contribution in [-0.4, -0.2) is 21.1 Å². The molecule has 0 spiro atoms. The first-order chi connectivity index (χ1) is 6.38. The fourth-order valence-corrected chi connectivity index (χ4v) is 1.45. The van der Waals surface area contributed by atoms with Gasteiger partial charge < -0.3 is 5.84 Å². The van der Waals surface area contributed by atoms with E-state index in [0.29, 0.717) is 10.9 Å². The summed E-state index contributed by atoms with van der Waals surface area (Å²) in [5, 5.41) is 16.3. The Labute approximate surface area is 87.2 Å². The van der Waals surface area contributed by atoms with E-state index in [0.717, 1.165) is 0 Å². The summed E-state index contributed by atoms with van der Waals surface area (Å²) in [6.45, 7) is 5.94. The molecule has 0 aliphatic heterocycles. The van der Waals surface area contributed by atoms with Crippen LogP contribution in [0.3, 0.4) is 0 Å². The topological polar surface area (TPSA) is 80.6 Å². The first kappa shape index (κ1) is 11.0.